The topological polar surface area (TPSA) is 101 Å². The Hall–Kier alpha value is -3.07. The normalized spacial score (nSPS) is 23.5. The van der Waals surface area contributed by atoms with E-state index in [1.165, 1.54) is 12.3 Å². The number of nitrogens with two attached hydrogens (primary N) is 1. The first-order valence-electron chi connectivity index (χ1n) is 8.78. The van der Waals surface area contributed by atoms with Crippen molar-refractivity contribution >= 4 is 23.1 Å². The Morgan fingerprint density at radius 2 is 2.04 bits per heavy atom. The molecule has 1 amide bonds. The van der Waals surface area contributed by atoms with Crippen molar-refractivity contribution in [2.45, 2.75) is 13.0 Å². The third kappa shape index (κ3) is 2.71. The zero-order chi connectivity index (χ0) is 18.7. The van der Waals surface area contributed by atoms with Crippen LogP contribution in [0.3, 0.4) is 0 Å². The highest BCUT2D eigenvalue weighted by atomic mass is 19.1. The summed E-state index contributed by atoms with van der Waals surface area (Å²) in [5.41, 5.74) is 7.35. The molecule has 138 valence electrons. The first-order chi connectivity index (χ1) is 13.0. The fraction of sp³-hybridized carbons (Fsp3) is 0.333. The average molecular weight is 367 g/mol. The number of carbonyl (C=O) groups excluding carboxylic acids is 1. The molecule has 3 N–H and O–H groups in total. The Morgan fingerprint density at radius 3 is 2.74 bits per heavy atom. The molecule has 0 spiro atoms. The molecule has 2 fully saturated rings. The van der Waals surface area contributed by atoms with Crippen LogP contribution in [-0.4, -0.2) is 44.4 Å². The van der Waals surface area contributed by atoms with Crippen LogP contribution in [-0.2, 0) is 0 Å². The Labute approximate surface area is 154 Å². The molecule has 3 atom stereocenters. The van der Waals surface area contributed by atoms with Crippen molar-refractivity contribution in [1.82, 2.24) is 19.4 Å². The minimum atomic E-state index is -0.506. The lowest BCUT2D eigenvalue weighted by Crippen LogP contribution is -2.29. The van der Waals surface area contributed by atoms with E-state index in [0.29, 0.717) is 29.3 Å². The summed E-state index contributed by atoms with van der Waals surface area (Å²) in [7, 11) is 0. The first-order valence-corrected chi connectivity index (χ1v) is 8.78. The second kappa shape index (κ2) is 5.71. The van der Waals surface area contributed by atoms with E-state index in [1.807, 2.05) is 0 Å². The number of aryl methyl sites for hydroxylation is 1. The SMILES string of the molecule is Cc1cn2cc(NC(=O)c3cnc(N4C[C@@H]5[C@@H](N)[C@@H]5C4)cn3)cc(F)c2n1. The molecule has 1 saturated heterocycles. The van der Waals surface area contributed by atoms with Crippen LogP contribution in [0.15, 0.2) is 30.9 Å². The van der Waals surface area contributed by atoms with Gasteiger partial charge in [0.2, 0.25) is 0 Å². The third-order valence-electron chi connectivity index (χ3n) is 5.34. The van der Waals surface area contributed by atoms with E-state index >= 15 is 0 Å². The minimum absolute atomic E-state index is 0.169. The molecule has 3 aromatic heterocycles. The van der Waals surface area contributed by atoms with Crippen LogP contribution in [0.1, 0.15) is 16.2 Å². The van der Waals surface area contributed by atoms with E-state index < -0.39 is 11.7 Å². The standard InChI is InChI=1S/C18H18FN7O/c1-9-5-26-6-10(2-13(19)17(26)23-9)24-18(27)14-3-22-15(4-21-14)25-7-11-12(8-25)16(11)20/h2-6,11-12,16H,7-8,20H2,1H3,(H,24,27)/t11-,12+,16+. The summed E-state index contributed by atoms with van der Waals surface area (Å²) in [6.07, 6.45) is 6.33. The number of fused-ring (bicyclic) bond motifs is 2. The molecule has 0 bridgehead atoms. The molecule has 1 aliphatic heterocycles. The van der Waals surface area contributed by atoms with Crippen molar-refractivity contribution in [1.29, 1.82) is 0 Å². The van der Waals surface area contributed by atoms with Gasteiger partial charge in [0, 0.05) is 37.6 Å². The summed E-state index contributed by atoms with van der Waals surface area (Å²) >= 11 is 0. The van der Waals surface area contributed by atoms with Crippen molar-refractivity contribution in [3.05, 3.63) is 48.1 Å². The molecule has 0 unspecified atom stereocenters. The number of pyridine rings is 1. The van der Waals surface area contributed by atoms with Crippen LogP contribution < -0.4 is 16.0 Å². The molecule has 1 aliphatic carbocycles. The van der Waals surface area contributed by atoms with Gasteiger partial charge >= 0.3 is 0 Å². The van der Waals surface area contributed by atoms with E-state index in [4.69, 9.17) is 5.73 Å². The second-order valence-corrected chi connectivity index (χ2v) is 7.21. The maximum absolute atomic E-state index is 14.1. The van der Waals surface area contributed by atoms with Crippen LogP contribution in [0, 0.1) is 24.6 Å². The molecule has 0 radical (unpaired) electrons. The van der Waals surface area contributed by atoms with Gasteiger partial charge in [-0.3, -0.25) is 4.79 Å². The lowest BCUT2D eigenvalue weighted by atomic mass is 10.3. The highest BCUT2D eigenvalue weighted by Crippen LogP contribution is 2.44. The number of hydrogen-bond acceptors (Lipinski definition) is 6. The lowest BCUT2D eigenvalue weighted by molar-refractivity contribution is 0.102. The number of carbonyl (C=O) groups is 1. The van der Waals surface area contributed by atoms with Gasteiger partial charge in [-0.15, -0.1) is 0 Å². The van der Waals surface area contributed by atoms with Gasteiger partial charge in [-0.25, -0.2) is 19.3 Å². The van der Waals surface area contributed by atoms with Gasteiger partial charge in [-0.2, -0.15) is 0 Å². The van der Waals surface area contributed by atoms with Crippen molar-refractivity contribution < 1.29 is 9.18 Å². The van der Waals surface area contributed by atoms with Crippen LogP contribution in [0.4, 0.5) is 15.9 Å². The molecular weight excluding hydrogens is 349 g/mol. The predicted octanol–water partition coefficient (Wildman–Crippen LogP) is 1.22. The number of anilines is 2. The number of nitrogens with zero attached hydrogens (tertiary/aromatic N) is 5. The van der Waals surface area contributed by atoms with Crippen LogP contribution in [0.2, 0.25) is 0 Å². The first kappa shape index (κ1) is 16.1. The maximum Gasteiger partial charge on any atom is 0.275 e. The monoisotopic (exact) mass is 367 g/mol. The Kier molecular flexibility index (Phi) is 3.41. The highest BCUT2D eigenvalue weighted by Gasteiger charge is 2.53. The number of hydrogen-bond donors (Lipinski definition) is 2. The van der Waals surface area contributed by atoms with Gasteiger partial charge in [-0.1, -0.05) is 0 Å². The quantitative estimate of drug-likeness (QED) is 0.722. The number of imidazole rings is 1. The fourth-order valence-corrected chi connectivity index (χ4v) is 3.80. The van der Waals surface area contributed by atoms with Crippen LogP contribution in [0.5, 0.6) is 0 Å². The van der Waals surface area contributed by atoms with Crippen molar-refractivity contribution in [2.75, 3.05) is 23.3 Å². The highest BCUT2D eigenvalue weighted by molar-refractivity contribution is 6.02. The zero-order valence-electron chi connectivity index (χ0n) is 14.6. The number of halogens is 1. The summed E-state index contributed by atoms with van der Waals surface area (Å²) in [4.78, 5) is 27.2. The largest absolute Gasteiger partial charge is 0.355 e. The smallest absolute Gasteiger partial charge is 0.275 e. The molecular formula is C18H18FN7O. The molecule has 1 saturated carbocycles. The minimum Gasteiger partial charge on any atom is -0.355 e. The van der Waals surface area contributed by atoms with E-state index in [9.17, 15) is 9.18 Å². The number of rotatable bonds is 3. The van der Waals surface area contributed by atoms with E-state index in [0.717, 1.165) is 18.9 Å². The van der Waals surface area contributed by atoms with E-state index in [2.05, 4.69) is 25.2 Å². The Balaban J connectivity index is 1.31. The van der Waals surface area contributed by atoms with Gasteiger partial charge in [-0.05, 0) is 18.8 Å². The maximum atomic E-state index is 14.1. The second-order valence-electron chi connectivity index (χ2n) is 7.21. The Morgan fingerprint density at radius 1 is 1.26 bits per heavy atom. The predicted molar refractivity (Wildman–Crippen MR) is 97.0 cm³/mol. The van der Waals surface area contributed by atoms with Crippen LogP contribution >= 0.6 is 0 Å². The van der Waals surface area contributed by atoms with Crippen LogP contribution in [0.25, 0.3) is 5.65 Å². The molecule has 2 aliphatic rings. The lowest BCUT2D eigenvalue weighted by Gasteiger charge is -2.19. The summed E-state index contributed by atoms with van der Waals surface area (Å²) in [6, 6.07) is 1.55. The van der Waals surface area contributed by atoms with Gasteiger partial charge in [0.15, 0.2) is 11.5 Å². The third-order valence-corrected chi connectivity index (χ3v) is 5.34. The van der Waals surface area contributed by atoms with Gasteiger partial charge in [0.05, 0.1) is 23.8 Å². The molecule has 8 nitrogen and oxygen atoms in total. The molecule has 0 aromatic carbocycles. The molecule has 9 heteroatoms. The molecule has 27 heavy (non-hydrogen) atoms. The van der Waals surface area contributed by atoms with Gasteiger partial charge in [0.1, 0.15) is 11.5 Å². The van der Waals surface area contributed by atoms with E-state index in [1.54, 1.807) is 29.9 Å². The van der Waals surface area contributed by atoms with Crippen molar-refractivity contribution in [3.8, 4) is 0 Å². The van der Waals surface area contributed by atoms with E-state index in [-0.39, 0.29) is 11.3 Å². The number of piperidine rings is 1. The van der Waals surface area contributed by atoms with Crippen molar-refractivity contribution in [2.24, 2.45) is 17.6 Å². The summed E-state index contributed by atoms with van der Waals surface area (Å²) in [5.74, 6) is 0.883. The number of amides is 1. The summed E-state index contributed by atoms with van der Waals surface area (Å²) in [5, 5.41) is 2.65. The molecule has 3 aromatic rings. The Bertz CT molecular complexity index is 1040. The van der Waals surface area contributed by atoms with Gasteiger partial charge < -0.3 is 20.4 Å². The fourth-order valence-electron chi connectivity index (χ4n) is 3.80. The zero-order valence-corrected chi connectivity index (χ0v) is 14.6. The summed E-state index contributed by atoms with van der Waals surface area (Å²) in [6.45, 7) is 3.55. The number of aromatic nitrogens is 4. The molecule has 4 heterocycles. The molecule has 5 rings (SSSR count). The van der Waals surface area contributed by atoms with Crippen molar-refractivity contribution in [3.63, 3.8) is 0 Å². The summed E-state index contributed by atoms with van der Waals surface area (Å²) < 4.78 is 15.7. The average Bonchev–Trinajstić information content (AvgIpc) is 3.03. The number of nitrogens with one attached hydrogen (secondary N) is 1. The van der Waals surface area contributed by atoms with Gasteiger partial charge in [0.25, 0.3) is 5.91 Å².